The van der Waals surface area contributed by atoms with Crippen LogP contribution in [0.4, 0.5) is 17.6 Å². The summed E-state index contributed by atoms with van der Waals surface area (Å²) in [6, 6.07) is 7.21. The van der Waals surface area contributed by atoms with Crippen LogP contribution in [0.5, 0.6) is 0 Å². The van der Waals surface area contributed by atoms with Crippen molar-refractivity contribution in [1.82, 2.24) is 9.21 Å². The van der Waals surface area contributed by atoms with E-state index in [2.05, 4.69) is 0 Å². The van der Waals surface area contributed by atoms with E-state index in [-0.39, 0.29) is 36.7 Å². The molecule has 1 aliphatic heterocycles. The Bertz CT molecular complexity index is 959. The van der Waals surface area contributed by atoms with Crippen molar-refractivity contribution in [2.75, 3.05) is 19.6 Å². The fraction of sp³-hybridized carbons (Fsp3) is 0.421. The molecule has 3 rings (SSSR count). The van der Waals surface area contributed by atoms with Crippen LogP contribution >= 0.6 is 0 Å². The van der Waals surface area contributed by atoms with Gasteiger partial charge in [-0.25, -0.2) is 12.8 Å². The highest BCUT2D eigenvalue weighted by Crippen LogP contribution is 2.27. The number of rotatable bonds is 6. The number of halogens is 4. The fourth-order valence-corrected chi connectivity index (χ4v) is 4.92. The number of nitrogens with zero attached hydrogens (tertiary/aromatic N) is 2. The molecule has 2 aromatic rings. The number of carbonyl (C=O) groups is 1. The monoisotopic (exact) mass is 448 g/mol. The molecule has 0 spiro atoms. The van der Waals surface area contributed by atoms with E-state index in [1.54, 1.807) is 0 Å². The van der Waals surface area contributed by atoms with E-state index < -0.39 is 40.4 Å². The quantitative estimate of drug-likeness (QED) is 0.635. The van der Waals surface area contributed by atoms with Gasteiger partial charge in [-0.05, 0) is 49.2 Å². The van der Waals surface area contributed by atoms with Crippen molar-refractivity contribution >= 4 is 15.9 Å². The van der Waals surface area contributed by atoms with Gasteiger partial charge in [-0.2, -0.15) is 17.5 Å². The molecule has 6 nitrogen and oxygen atoms in total. The Kier molecular flexibility index (Phi) is 6.51. The predicted molar refractivity (Wildman–Crippen MR) is 98.1 cm³/mol. The molecule has 0 N–H and O–H groups in total. The normalized spacial score (nSPS) is 18.3. The first-order valence-corrected chi connectivity index (χ1v) is 10.6. The molecule has 0 aliphatic carbocycles. The minimum absolute atomic E-state index is 0.126. The largest absolute Gasteiger partial charge is 0.467 e. The summed E-state index contributed by atoms with van der Waals surface area (Å²) in [5, 5.41) is 0. The van der Waals surface area contributed by atoms with Crippen LogP contribution in [0.1, 0.15) is 18.6 Å². The lowest BCUT2D eigenvalue weighted by Crippen LogP contribution is -2.48. The number of amides is 1. The van der Waals surface area contributed by atoms with Crippen molar-refractivity contribution in [1.29, 1.82) is 0 Å². The predicted octanol–water partition coefficient (Wildman–Crippen LogP) is 3.41. The van der Waals surface area contributed by atoms with Crippen molar-refractivity contribution in [2.45, 2.75) is 30.5 Å². The molecular weight excluding hydrogens is 428 g/mol. The number of furan rings is 1. The third-order valence-electron chi connectivity index (χ3n) is 4.79. The Labute approximate surface area is 171 Å². The van der Waals surface area contributed by atoms with E-state index >= 15 is 0 Å². The van der Waals surface area contributed by atoms with Crippen molar-refractivity contribution < 1.29 is 35.2 Å². The maximum Gasteiger partial charge on any atom is 0.406 e. The second-order valence-electron chi connectivity index (χ2n) is 7.04. The molecule has 0 radical (unpaired) electrons. The van der Waals surface area contributed by atoms with Gasteiger partial charge in [0.05, 0.1) is 23.6 Å². The van der Waals surface area contributed by atoms with Gasteiger partial charge in [-0.1, -0.05) is 0 Å². The van der Waals surface area contributed by atoms with Gasteiger partial charge < -0.3 is 9.32 Å². The van der Waals surface area contributed by atoms with Gasteiger partial charge in [0.15, 0.2) is 0 Å². The maximum atomic E-state index is 13.1. The molecule has 1 fully saturated rings. The number of hydrogen-bond donors (Lipinski definition) is 0. The van der Waals surface area contributed by atoms with Gasteiger partial charge in [0, 0.05) is 13.1 Å². The Hall–Kier alpha value is -2.40. The smallest absolute Gasteiger partial charge is 0.406 e. The summed E-state index contributed by atoms with van der Waals surface area (Å²) >= 11 is 0. The summed E-state index contributed by atoms with van der Waals surface area (Å²) in [4.78, 5) is 13.4. The summed E-state index contributed by atoms with van der Waals surface area (Å²) in [7, 11) is -4.00. The molecular formula is C19H20F4N2O4S. The first kappa shape index (κ1) is 22.3. The molecule has 1 amide bonds. The zero-order valence-corrected chi connectivity index (χ0v) is 16.6. The van der Waals surface area contributed by atoms with Crippen molar-refractivity contribution in [3.8, 4) is 0 Å². The summed E-state index contributed by atoms with van der Waals surface area (Å²) in [5.41, 5.74) is 0. The van der Waals surface area contributed by atoms with Crippen LogP contribution in [0.25, 0.3) is 0 Å². The average molecular weight is 448 g/mol. The number of piperidine rings is 1. The van der Waals surface area contributed by atoms with E-state index in [0.717, 1.165) is 28.6 Å². The van der Waals surface area contributed by atoms with Gasteiger partial charge in [0.2, 0.25) is 15.9 Å². The number of hydrogen-bond acceptors (Lipinski definition) is 4. The molecule has 2 heterocycles. The van der Waals surface area contributed by atoms with Crippen LogP contribution < -0.4 is 0 Å². The standard InChI is InChI=1S/C19H20F4N2O4S/c20-15-5-7-17(8-6-15)30(27,28)25-9-1-3-14(11-25)18(26)24(13-19(21,22)23)12-16-4-2-10-29-16/h2,4-8,10,14H,1,3,9,11-13H2. The van der Waals surface area contributed by atoms with Gasteiger partial charge in [-0.15, -0.1) is 0 Å². The van der Waals surface area contributed by atoms with E-state index in [9.17, 15) is 30.8 Å². The van der Waals surface area contributed by atoms with Gasteiger partial charge >= 0.3 is 6.18 Å². The first-order valence-electron chi connectivity index (χ1n) is 9.20. The number of alkyl halides is 3. The Morgan fingerprint density at radius 1 is 1.20 bits per heavy atom. The minimum atomic E-state index is -4.61. The lowest BCUT2D eigenvalue weighted by molar-refractivity contribution is -0.166. The molecule has 1 atom stereocenters. The number of sulfonamides is 1. The lowest BCUT2D eigenvalue weighted by Gasteiger charge is -2.34. The van der Waals surface area contributed by atoms with Gasteiger partial charge in [0.1, 0.15) is 18.1 Å². The highest BCUT2D eigenvalue weighted by molar-refractivity contribution is 7.89. The molecule has 1 unspecified atom stereocenters. The zero-order chi connectivity index (χ0) is 21.9. The second kappa shape index (κ2) is 8.76. The molecule has 30 heavy (non-hydrogen) atoms. The first-order chi connectivity index (χ1) is 14.1. The van der Waals surface area contributed by atoms with Crippen LogP contribution in [0.3, 0.4) is 0 Å². The zero-order valence-electron chi connectivity index (χ0n) is 15.8. The average Bonchev–Trinajstić information content (AvgIpc) is 3.19. The van der Waals surface area contributed by atoms with Gasteiger partial charge in [0.25, 0.3) is 0 Å². The molecule has 1 saturated heterocycles. The summed E-state index contributed by atoms with van der Waals surface area (Å²) < 4.78 is 83.9. The van der Waals surface area contributed by atoms with Crippen LogP contribution in [-0.4, -0.2) is 49.3 Å². The fourth-order valence-electron chi connectivity index (χ4n) is 3.39. The Morgan fingerprint density at radius 2 is 1.90 bits per heavy atom. The molecule has 11 heteroatoms. The molecule has 0 saturated carbocycles. The summed E-state index contributed by atoms with van der Waals surface area (Å²) in [6.45, 7) is -1.95. The minimum Gasteiger partial charge on any atom is -0.467 e. The lowest BCUT2D eigenvalue weighted by atomic mass is 9.98. The van der Waals surface area contributed by atoms with Crippen molar-refractivity contribution in [3.63, 3.8) is 0 Å². The molecule has 1 aromatic carbocycles. The SMILES string of the molecule is O=C(C1CCCN(S(=O)(=O)c2ccc(F)cc2)C1)N(Cc1ccco1)CC(F)(F)F. The second-order valence-corrected chi connectivity index (χ2v) is 8.98. The van der Waals surface area contributed by atoms with Crippen molar-refractivity contribution in [3.05, 3.63) is 54.2 Å². The molecule has 164 valence electrons. The molecule has 1 aromatic heterocycles. The van der Waals surface area contributed by atoms with Crippen molar-refractivity contribution in [2.24, 2.45) is 5.92 Å². The molecule has 1 aliphatic rings. The highest BCUT2D eigenvalue weighted by atomic mass is 32.2. The highest BCUT2D eigenvalue weighted by Gasteiger charge is 2.39. The van der Waals surface area contributed by atoms with E-state index in [0.29, 0.717) is 11.3 Å². The Balaban J connectivity index is 1.77. The van der Waals surface area contributed by atoms with Crippen LogP contribution in [-0.2, 0) is 21.4 Å². The summed E-state index contributed by atoms with van der Waals surface area (Å²) in [5.74, 6) is -2.12. The van der Waals surface area contributed by atoms with Gasteiger partial charge in [-0.3, -0.25) is 4.79 Å². The summed E-state index contributed by atoms with van der Waals surface area (Å²) in [6.07, 6.45) is -2.74. The van der Waals surface area contributed by atoms with E-state index in [1.165, 1.54) is 18.4 Å². The third-order valence-corrected chi connectivity index (χ3v) is 6.67. The van der Waals surface area contributed by atoms with Crippen LogP contribution in [0.2, 0.25) is 0 Å². The van der Waals surface area contributed by atoms with E-state index in [4.69, 9.17) is 4.42 Å². The third kappa shape index (κ3) is 5.39. The number of benzene rings is 1. The van der Waals surface area contributed by atoms with Crippen LogP contribution in [0.15, 0.2) is 52.0 Å². The Morgan fingerprint density at radius 3 is 2.50 bits per heavy atom. The maximum absolute atomic E-state index is 13.1. The topological polar surface area (TPSA) is 70.8 Å². The molecule has 0 bridgehead atoms. The number of carbonyl (C=O) groups excluding carboxylic acids is 1. The van der Waals surface area contributed by atoms with E-state index in [1.807, 2.05) is 0 Å². The van der Waals surface area contributed by atoms with Crippen LogP contribution in [0, 0.1) is 11.7 Å².